The Labute approximate surface area is 149 Å². The van der Waals surface area contributed by atoms with Crippen LogP contribution < -0.4 is 10.3 Å². The minimum atomic E-state index is -4.42. The second-order valence-corrected chi connectivity index (χ2v) is 6.56. The number of rotatable bonds is 0. The van der Waals surface area contributed by atoms with E-state index < -0.39 is 11.7 Å². The van der Waals surface area contributed by atoms with Gasteiger partial charge in [0, 0.05) is 26.2 Å². The molecule has 1 unspecified atom stereocenters. The van der Waals surface area contributed by atoms with Crippen LogP contribution in [0.2, 0.25) is 0 Å². The van der Waals surface area contributed by atoms with Crippen LogP contribution in [-0.4, -0.2) is 54.5 Å². The van der Waals surface area contributed by atoms with E-state index in [0.717, 1.165) is 44.0 Å². The summed E-state index contributed by atoms with van der Waals surface area (Å²) in [5, 5.41) is 9.31. The van der Waals surface area contributed by atoms with Crippen molar-refractivity contribution in [1.82, 2.24) is 10.2 Å². The van der Waals surface area contributed by atoms with Crippen LogP contribution in [0, 0.1) is 0 Å². The van der Waals surface area contributed by atoms with Gasteiger partial charge in [-0.2, -0.15) is 18.3 Å². The Morgan fingerprint density at radius 3 is 2.58 bits per heavy atom. The number of benzene rings is 1. The highest BCUT2D eigenvalue weighted by atomic mass is 19.4. The van der Waals surface area contributed by atoms with Gasteiger partial charge in [0.25, 0.3) is 0 Å². The van der Waals surface area contributed by atoms with Crippen LogP contribution in [0.25, 0.3) is 0 Å². The van der Waals surface area contributed by atoms with Crippen LogP contribution in [0.15, 0.2) is 33.3 Å². The molecule has 0 bridgehead atoms. The molecule has 1 aromatic carbocycles. The van der Waals surface area contributed by atoms with Crippen molar-refractivity contribution in [3.63, 3.8) is 0 Å². The molecule has 138 valence electrons. The summed E-state index contributed by atoms with van der Waals surface area (Å²) in [6.45, 7) is 6.92. The van der Waals surface area contributed by atoms with Gasteiger partial charge in [-0.15, -0.1) is 0 Å². The predicted octanol–water partition coefficient (Wildman–Crippen LogP) is 2.64. The normalized spacial score (nSPS) is 23.0. The summed E-state index contributed by atoms with van der Waals surface area (Å²) in [5.41, 5.74) is 0.807. The minimum absolute atomic E-state index is 0.137. The summed E-state index contributed by atoms with van der Waals surface area (Å²) >= 11 is 0. The summed E-state index contributed by atoms with van der Waals surface area (Å²) in [6.07, 6.45) is -4.42. The van der Waals surface area contributed by atoms with E-state index in [0.29, 0.717) is 23.0 Å². The monoisotopic (exact) mass is 364 g/mol. The lowest BCUT2D eigenvalue weighted by Gasteiger charge is -2.38. The maximum Gasteiger partial charge on any atom is 0.416 e. The van der Waals surface area contributed by atoms with Gasteiger partial charge in [0.1, 0.15) is 0 Å². The van der Waals surface area contributed by atoms with E-state index in [2.05, 4.69) is 25.3 Å². The lowest BCUT2D eigenvalue weighted by atomic mass is 10.1. The number of nitrogens with zero attached hydrogens (tertiary/aromatic N) is 5. The molecule has 0 aliphatic carbocycles. The molecule has 1 aromatic rings. The van der Waals surface area contributed by atoms with Crippen molar-refractivity contribution >= 4 is 28.8 Å². The van der Waals surface area contributed by atoms with Gasteiger partial charge >= 0.3 is 6.18 Å². The second kappa shape index (κ2) is 6.08. The molecule has 0 spiro atoms. The van der Waals surface area contributed by atoms with Crippen LogP contribution in [-0.2, 0) is 6.18 Å². The largest absolute Gasteiger partial charge is 0.416 e. The molecule has 1 N–H and O–H groups in total. The summed E-state index contributed by atoms with van der Waals surface area (Å²) in [7, 11) is 0. The Morgan fingerprint density at radius 2 is 1.88 bits per heavy atom. The molecule has 4 rings (SSSR count). The number of anilines is 1. The molecule has 0 saturated carbocycles. The highest BCUT2D eigenvalue weighted by Gasteiger charge is 2.37. The van der Waals surface area contributed by atoms with Gasteiger partial charge in [0.15, 0.2) is 11.7 Å². The summed E-state index contributed by atoms with van der Waals surface area (Å²) in [6, 6.07) is 3.42. The number of alkyl halides is 3. The number of amidine groups is 2. The molecular formula is C17H19F3N6. The highest BCUT2D eigenvalue weighted by Crippen LogP contribution is 2.40. The molecule has 0 radical (unpaired) electrons. The number of hydrogen-bond donors (Lipinski definition) is 1. The van der Waals surface area contributed by atoms with Crippen LogP contribution in [0.3, 0.4) is 0 Å². The standard InChI is InChI=1S/C17H19F3N6/c1-10-11(2)24-26-14-9-12(17(18,19)20)3-4-13(14)23-15(16(26)22-10)25-7-5-21-6-8-25/h3-4,9-10,21H,5-8H2,1-2H3. The Hall–Kier alpha value is -2.42. The van der Waals surface area contributed by atoms with E-state index in [1.165, 1.54) is 11.1 Å². The first-order valence-corrected chi connectivity index (χ1v) is 8.53. The quantitative estimate of drug-likeness (QED) is 0.770. The van der Waals surface area contributed by atoms with Crippen LogP contribution in [0.5, 0.6) is 0 Å². The molecule has 3 heterocycles. The van der Waals surface area contributed by atoms with Gasteiger partial charge in [-0.05, 0) is 32.0 Å². The topological polar surface area (TPSA) is 55.6 Å². The fourth-order valence-electron chi connectivity index (χ4n) is 3.16. The van der Waals surface area contributed by atoms with Gasteiger partial charge in [0.05, 0.1) is 28.7 Å². The highest BCUT2D eigenvalue weighted by molar-refractivity contribution is 6.47. The third-order valence-corrected chi connectivity index (χ3v) is 4.75. The summed E-state index contributed by atoms with van der Waals surface area (Å²) in [5.74, 6) is 1.18. The zero-order valence-corrected chi connectivity index (χ0v) is 14.5. The Balaban J connectivity index is 1.85. The molecule has 1 atom stereocenters. The first kappa shape index (κ1) is 17.0. The molecule has 0 aromatic heterocycles. The van der Waals surface area contributed by atoms with Gasteiger partial charge < -0.3 is 10.2 Å². The molecule has 9 heteroatoms. The third kappa shape index (κ3) is 2.86. The minimum Gasteiger partial charge on any atom is -0.351 e. The Kier molecular flexibility index (Phi) is 3.98. The fourth-order valence-corrected chi connectivity index (χ4v) is 3.16. The van der Waals surface area contributed by atoms with Gasteiger partial charge in [-0.1, -0.05) is 0 Å². The smallest absolute Gasteiger partial charge is 0.351 e. The van der Waals surface area contributed by atoms with E-state index >= 15 is 0 Å². The average molecular weight is 364 g/mol. The van der Waals surface area contributed by atoms with E-state index in [-0.39, 0.29) is 6.04 Å². The lowest BCUT2D eigenvalue weighted by molar-refractivity contribution is -0.137. The average Bonchev–Trinajstić information content (AvgIpc) is 2.62. The maximum atomic E-state index is 13.2. The van der Waals surface area contributed by atoms with Crippen LogP contribution >= 0.6 is 0 Å². The molecular weight excluding hydrogens is 345 g/mol. The van der Waals surface area contributed by atoms with Crippen LogP contribution in [0.1, 0.15) is 19.4 Å². The van der Waals surface area contributed by atoms with E-state index in [9.17, 15) is 13.2 Å². The van der Waals surface area contributed by atoms with Crippen LogP contribution in [0.4, 0.5) is 24.5 Å². The SMILES string of the molecule is CC1=NN2C(=NC1C)C(N1CCNCC1)=Nc1ccc(C(F)(F)F)cc12. The molecule has 26 heavy (non-hydrogen) atoms. The first-order valence-electron chi connectivity index (χ1n) is 8.53. The van der Waals surface area contributed by atoms with Crippen molar-refractivity contribution < 1.29 is 13.2 Å². The summed E-state index contributed by atoms with van der Waals surface area (Å²) < 4.78 is 39.5. The van der Waals surface area contributed by atoms with E-state index in [1.807, 2.05) is 13.8 Å². The summed E-state index contributed by atoms with van der Waals surface area (Å²) in [4.78, 5) is 11.4. The number of fused-ring (bicyclic) bond motifs is 3. The number of hydrogen-bond acceptors (Lipinski definition) is 6. The molecule has 6 nitrogen and oxygen atoms in total. The third-order valence-electron chi connectivity index (χ3n) is 4.75. The molecule has 3 aliphatic rings. The van der Waals surface area contributed by atoms with Crippen molar-refractivity contribution in [2.24, 2.45) is 15.1 Å². The number of halogens is 3. The van der Waals surface area contributed by atoms with E-state index in [1.54, 1.807) is 0 Å². The van der Waals surface area contributed by atoms with Crippen molar-refractivity contribution in [1.29, 1.82) is 0 Å². The zero-order valence-electron chi connectivity index (χ0n) is 14.5. The van der Waals surface area contributed by atoms with Crippen molar-refractivity contribution in [2.75, 3.05) is 31.2 Å². The maximum absolute atomic E-state index is 13.2. The molecule has 3 aliphatic heterocycles. The second-order valence-electron chi connectivity index (χ2n) is 6.56. The first-order chi connectivity index (χ1) is 12.3. The number of piperazine rings is 1. The fraction of sp³-hybridized carbons (Fsp3) is 0.471. The van der Waals surface area contributed by atoms with Gasteiger partial charge in [0.2, 0.25) is 0 Å². The molecule has 1 fully saturated rings. The zero-order chi connectivity index (χ0) is 18.5. The molecule has 1 saturated heterocycles. The van der Waals surface area contributed by atoms with E-state index in [4.69, 9.17) is 0 Å². The van der Waals surface area contributed by atoms with Crippen molar-refractivity contribution in [2.45, 2.75) is 26.1 Å². The lowest BCUT2D eigenvalue weighted by Crippen LogP contribution is -2.53. The number of nitrogens with one attached hydrogen (secondary N) is 1. The van der Waals surface area contributed by atoms with Gasteiger partial charge in [-0.25, -0.2) is 10.0 Å². The van der Waals surface area contributed by atoms with Crippen molar-refractivity contribution in [3.8, 4) is 0 Å². The Morgan fingerprint density at radius 1 is 1.15 bits per heavy atom. The van der Waals surface area contributed by atoms with Gasteiger partial charge in [-0.3, -0.25) is 4.99 Å². The number of hydrazone groups is 1. The Bertz CT molecular complexity index is 820. The number of aliphatic imine (C=N–C) groups is 2. The predicted molar refractivity (Wildman–Crippen MR) is 95.5 cm³/mol. The van der Waals surface area contributed by atoms with Crippen molar-refractivity contribution in [3.05, 3.63) is 23.8 Å². The molecule has 0 amide bonds.